The summed E-state index contributed by atoms with van der Waals surface area (Å²) in [5.74, 6) is -0.417. The van der Waals surface area contributed by atoms with Crippen LogP contribution in [0.25, 0.3) is 0 Å². The average Bonchev–Trinajstić information content (AvgIpc) is 2.77. The molecule has 2 aromatic carbocycles. The minimum atomic E-state index is -3.87. The number of carbonyl (C=O) groups excluding carboxylic acids is 1. The van der Waals surface area contributed by atoms with Crippen molar-refractivity contribution in [3.8, 4) is 0 Å². The van der Waals surface area contributed by atoms with Crippen molar-refractivity contribution in [2.24, 2.45) is 5.10 Å². The molecule has 0 saturated heterocycles. The summed E-state index contributed by atoms with van der Waals surface area (Å²) >= 11 is 0. The van der Waals surface area contributed by atoms with Crippen molar-refractivity contribution in [2.75, 3.05) is 5.43 Å². The summed E-state index contributed by atoms with van der Waals surface area (Å²) in [4.78, 5) is 13.2. The van der Waals surface area contributed by atoms with E-state index in [1.165, 1.54) is 18.2 Å². The van der Waals surface area contributed by atoms with Crippen molar-refractivity contribution in [1.29, 1.82) is 0 Å². The van der Waals surface area contributed by atoms with Crippen molar-refractivity contribution in [2.45, 2.75) is 25.7 Å². The lowest BCUT2D eigenvalue weighted by Crippen LogP contribution is -2.29. The van der Waals surface area contributed by atoms with Crippen LogP contribution in [0, 0.1) is 0 Å². The van der Waals surface area contributed by atoms with E-state index in [4.69, 9.17) is 0 Å². The molecule has 0 saturated carbocycles. The van der Waals surface area contributed by atoms with E-state index in [2.05, 4.69) is 21.8 Å². The smallest absolute Gasteiger partial charge is 0.261 e. The zero-order valence-corrected chi connectivity index (χ0v) is 18.0. The number of carbonyl (C=O) groups is 1. The van der Waals surface area contributed by atoms with Crippen LogP contribution in [0.4, 0.5) is 5.69 Å². The molecule has 0 unspecified atom stereocenters. The first-order valence-corrected chi connectivity index (χ1v) is 10.8. The molecule has 0 bridgehead atoms. The number of Topliss-reactive ketones (excluding diaryl/α,β-unsaturated/α-hetero) is 1. The molecule has 0 fully saturated rings. The fourth-order valence-electron chi connectivity index (χ4n) is 2.57. The van der Waals surface area contributed by atoms with Crippen LogP contribution >= 0.6 is 0 Å². The van der Waals surface area contributed by atoms with Gasteiger partial charge in [-0.3, -0.25) is 14.9 Å². The van der Waals surface area contributed by atoms with Crippen molar-refractivity contribution in [1.82, 2.24) is 4.72 Å². The third kappa shape index (κ3) is 5.78. The quantitative estimate of drug-likeness (QED) is 0.270. The van der Waals surface area contributed by atoms with E-state index in [9.17, 15) is 13.2 Å². The number of hydrogen-bond donors (Lipinski definition) is 2. The first kappa shape index (κ1) is 22.8. The van der Waals surface area contributed by atoms with Crippen LogP contribution in [0.3, 0.4) is 0 Å². The molecule has 156 valence electrons. The molecule has 0 aliphatic heterocycles. The van der Waals surface area contributed by atoms with Gasteiger partial charge in [0.2, 0.25) is 5.78 Å². The van der Waals surface area contributed by atoms with Crippen LogP contribution in [-0.4, -0.2) is 19.9 Å². The second-order valence-electron chi connectivity index (χ2n) is 6.39. The monoisotopic (exact) mass is 423 g/mol. The summed E-state index contributed by atoms with van der Waals surface area (Å²) in [5.41, 5.74) is 4.60. The summed E-state index contributed by atoms with van der Waals surface area (Å²) in [6, 6.07) is 17.2. The Balaban J connectivity index is 2.36. The standard InChI is InChI=1S/C23H25N3O3S/c1-5-17(3)22(23(27)18(4)24-25-19-13-9-7-10-14-19)21(6-2)26-30(28,29)20-15-11-8-12-16-20/h5-16,25-26H,1H2,2-4H3/b21-6+,22-17+,24-18?. The second kappa shape index (κ2) is 10.4. The number of hydrazone groups is 1. The van der Waals surface area contributed by atoms with E-state index >= 15 is 0 Å². The highest BCUT2D eigenvalue weighted by Crippen LogP contribution is 2.19. The fourth-order valence-corrected chi connectivity index (χ4v) is 3.71. The summed E-state index contributed by atoms with van der Waals surface area (Å²) in [7, 11) is -3.87. The molecule has 0 amide bonds. The number of ketones is 1. The first-order chi connectivity index (χ1) is 14.3. The molecule has 2 N–H and O–H groups in total. The zero-order chi connectivity index (χ0) is 22.1. The Morgan fingerprint density at radius 1 is 1.00 bits per heavy atom. The van der Waals surface area contributed by atoms with Crippen molar-refractivity contribution in [3.63, 3.8) is 0 Å². The molecule has 2 aromatic rings. The topological polar surface area (TPSA) is 87.6 Å². The van der Waals surface area contributed by atoms with Gasteiger partial charge in [-0.15, -0.1) is 0 Å². The Labute approximate surface area is 177 Å². The number of sulfonamides is 1. The van der Waals surface area contributed by atoms with Crippen molar-refractivity contribution < 1.29 is 13.2 Å². The van der Waals surface area contributed by atoms with Gasteiger partial charge in [-0.2, -0.15) is 5.10 Å². The molecule has 7 heteroatoms. The number of nitrogens with zero attached hydrogens (tertiary/aromatic N) is 1. The van der Waals surface area contributed by atoms with E-state index in [-0.39, 0.29) is 21.9 Å². The lowest BCUT2D eigenvalue weighted by molar-refractivity contribution is -0.109. The van der Waals surface area contributed by atoms with Gasteiger partial charge >= 0.3 is 0 Å². The van der Waals surface area contributed by atoms with E-state index in [1.807, 2.05) is 30.3 Å². The number of rotatable bonds is 9. The maximum Gasteiger partial charge on any atom is 0.261 e. The van der Waals surface area contributed by atoms with Gasteiger partial charge in [0.1, 0.15) is 5.71 Å². The number of allylic oxidation sites excluding steroid dienone is 4. The Bertz CT molecular complexity index is 1100. The molecule has 0 aromatic heterocycles. The van der Waals surface area contributed by atoms with Gasteiger partial charge in [0, 0.05) is 0 Å². The number of nitrogens with one attached hydrogen (secondary N) is 2. The van der Waals surface area contributed by atoms with Gasteiger partial charge in [-0.05, 0) is 50.6 Å². The summed E-state index contributed by atoms with van der Waals surface area (Å²) < 4.78 is 28.0. The molecule has 0 radical (unpaired) electrons. The van der Waals surface area contributed by atoms with Crippen LogP contribution in [0.15, 0.2) is 106 Å². The van der Waals surface area contributed by atoms with Crippen molar-refractivity contribution in [3.05, 3.63) is 96.2 Å². The predicted molar refractivity (Wildman–Crippen MR) is 122 cm³/mol. The number of anilines is 1. The van der Waals surface area contributed by atoms with Crippen molar-refractivity contribution >= 4 is 27.2 Å². The molecule has 6 nitrogen and oxygen atoms in total. The fraction of sp³-hybridized carbons (Fsp3) is 0.130. The highest BCUT2D eigenvalue weighted by molar-refractivity contribution is 7.89. The lowest BCUT2D eigenvalue weighted by atomic mass is 9.99. The summed E-state index contributed by atoms with van der Waals surface area (Å²) in [6.45, 7) is 8.63. The molecular formula is C23H25N3O3S. The lowest BCUT2D eigenvalue weighted by Gasteiger charge is -2.16. The molecule has 0 aliphatic carbocycles. The molecule has 2 rings (SSSR count). The highest BCUT2D eigenvalue weighted by Gasteiger charge is 2.23. The maximum absolute atomic E-state index is 13.1. The molecule has 30 heavy (non-hydrogen) atoms. The third-order valence-electron chi connectivity index (χ3n) is 4.24. The van der Waals surface area contributed by atoms with Crippen LogP contribution in [-0.2, 0) is 14.8 Å². The van der Waals surface area contributed by atoms with Gasteiger partial charge in [-0.1, -0.05) is 55.1 Å². The van der Waals surface area contributed by atoms with E-state index in [1.54, 1.807) is 45.0 Å². The molecule has 0 atom stereocenters. The van der Waals surface area contributed by atoms with Gasteiger partial charge in [0.15, 0.2) is 0 Å². The molecular weight excluding hydrogens is 398 g/mol. The predicted octanol–water partition coefficient (Wildman–Crippen LogP) is 4.43. The summed E-state index contributed by atoms with van der Waals surface area (Å²) in [6.07, 6.45) is 3.05. The Morgan fingerprint density at radius 2 is 1.57 bits per heavy atom. The molecule has 0 spiro atoms. The maximum atomic E-state index is 13.1. The number of hydrogen-bond acceptors (Lipinski definition) is 5. The largest absolute Gasteiger partial charge is 0.287 e. The van der Waals surface area contributed by atoms with Crippen LogP contribution in [0.2, 0.25) is 0 Å². The Kier molecular flexibility index (Phi) is 7.89. The van der Waals surface area contributed by atoms with Gasteiger partial charge in [0.05, 0.1) is 21.9 Å². The molecule has 0 aliphatic rings. The molecule has 0 heterocycles. The highest BCUT2D eigenvalue weighted by atomic mass is 32.2. The van der Waals surface area contributed by atoms with E-state index in [0.29, 0.717) is 5.57 Å². The number of benzene rings is 2. The Hall–Kier alpha value is -3.45. The van der Waals surface area contributed by atoms with E-state index < -0.39 is 15.8 Å². The minimum Gasteiger partial charge on any atom is -0.287 e. The normalized spacial score (nSPS) is 13.3. The SMILES string of the molecule is C=C/C(C)=C(C(=O)C(C)=NNc1ccccc1)\C(=C/C)NS(=O)(=O)c1ccccc1. The second-order valence-corrected chi connectivity index (χ2v) is 8.07. The van der Waals surface area contributed by atoms with Crippen LogP contribution < -0.4 is 10.1 Å². The van der Waals surface area contributed by atoms with E-state index in [0.717, 1.165) is 5.69 Å². The minimum absolute atomic E-state index is 0.100. The first-order valence-electron chi connectivity index (χ1n) is 9.28. The average molecular weight is 424 g/mol. The number of para-hydroxylation sites is 1. The zero-order valence-electron chi connectivity index (χ0n) is 17.2. The van der Waals surface area contributed by atoms with Gasteiger partial charge in [-0.25, -0.2) is 8.42 Å². The van der Waals surface area contributed by atoms with Crippen LogP contribution in [0.1, 0.15) is 20.8 Å². The van der Waals surface area contributed by atoms with Gasteiger partial charge in [0.25, 0.3) is 10.0 Å². The van der Waals surface area contributed by atoms with Gasteiger partial charge < -0.3 is 0 Å². The summed E-state index contributed by atoms with van der Waals surface area (Å²) in [5, 5.41) is 4.15. The van der Waals surface area contributed by atoms with Crippen LogP contribution in [0.5, 0.6) is 0 Å². The Morgan fingerprint density at radius 3 is 2.10 bits per heavy atom. The third-order valence-corrected chi connectivity index (χ3v) is 5.62.